The minimum absolute atomic E-state index is 0.104. The summed E-state index contributed by atoms with van der Waals surface area (Å²) in [7, 11) is 0. The molecule has 0 saturated heterocycles. The SMILES string of the molecule is CCCCCC(Br)C(=O)CCC(C)C. The van der Waals surface area contributed by atoms with Gasteiger partial charge < -0.3 is 0 Å². The Morgan fingerprint density at radius 3 is 2.36 bits per heavy atom. The number of unbranched alkanes of at least 4 members (excludes halogenated alkanes) is 2. The molecule has 0 amide bonds. The minimum atomic E-state index is 0.104. The van der Waals surface area contributed by atoms with Crippen LogP contribution in [0.1, 0.15) is 59.3 Å². The molecule has 2 heteroatoms. The number of hydrogen-bond acceptors (Lipinski definition) is 1. The average Bonchev–Trinajstić information content (AvgIpc) is 2.14. The first-order chi connectivity index (χ1) is 6.57. The van der Waals surface area contributed by atoms with E-state index in [1.54, 1.807) is 0 Å². The molecule has 0 aromatic heterocycles. The van der Waals surface area contributed by atoms with E-state index in [1.165, 1.54) is 19.3 Å². The van der Waals surface area contributed by atoms with Crippen molar-refractivity contribution in [1.29, 1.82) is 0 Å². The van der Waals surface area contributed by atoms with Gasteiger partial charge in [0.1, 0.15) is 5.78 Å². The van der Waals surface area contributed by atoms with E-state index in [0.29, 0.717) is 11.7 Å². The Balaban J connectivity index is 3.54. The summed E-state index contributed by atoms with van der Waals surface area (Å²) in [6.45, 7) is 6.50. The molecule has 0 N–H and O–H groups in total. The monoisotopic (exact) mass is 262 g/mol. The Labute approximate surface area is 96.8 Å². The van der Waals surface area contributed by atoms with E-state index < -0.39 is 0 Å². The topological polar surface area (TPSA) is 17.1 Å². The first kappa shape index (κ1) is 14.2. The van der Waals surface area contributed by atoms with Gasteiger partial charge in [0.2, 0.25) is 0 Å². The van der Waals surface area contributed by atoms with Gasteiger partial charge in [0.05, 0.1) is 4.83 Å². The number of alkyl halides is 1. The zero-order chi connectivity index (χ0) is 11.0. The lowest BCUT2D eigenvalue weighted by Crippen LogP contribution is -2.14. The van der Waals surface area contributed by atoms with Crippen LogP contribution in [0.15, 0.2) is 0 Å². The second kappa shape index (κ2) is 8.46. The molecule has 1 nitrogen and oxygen atoms in total. The van der Waals surface area contributed by atoms with Crippen molar-refractivity contribution in [2.45, 2.75) is 64.1 Å². The van der Waals surface area contributed by atoms with Crippen LogP contribution in [-0.2, 0) is 4.79 Å². The van der Waals surface area contributed by atoms with Crippen molar-refractivity contribution < 1.29 is 4.79 Å². The summed E-state index contributed by atoms with van der Waals surface area (Å²) in [5.41, 5.74) is 0. The first-order valence-electron chi connectivity index (χ1n) is 5.74. The highest BCUT2D eigenvalue weighted by Crippen LogP contribution is 2.16. The first-order valence-corrected chi connectivity index (χ1v) is 6.66. The van der Waals surface area contributed by atoms with Crippen LogP contribution in [0.4, 0.5) is 0 Å². The van der Waals surface area contributed by atoms with Gasteiger partial charge in [-0.15, -0.1) is 0 Å². The second-order valence-corrected chi connectivity index (χ2v) is 5.47. The average molecular weight is 263 g/mol. The van der Waals surface area contributed by atoms with E-state index in [9.17, 15) is 4.79 Å². The van der Waals surface area contributed by atoms with E-state index in [0.717, 1.165) is 19.3 Å². The summed E-state index contributed by atoms with van der Waals surface area (Å²) in [4.78, 5) is 11.7. The third kappa shape index (κ3) is 7.54. The van der Waals surface area contributed by atoms with Crippen molar-refractivity contribution in [3.05, 3.63) is 0 Å². The maximum atomic E-state index is 11.6. The number of carbonyl (C=O) groups is 1. The van der Waals surface area contributed by atoms with Crippen LogP contribution in [0.5, 0.6) is 0 Å². The molecule has 1 atom stereocenters. The molecule has 0 fully saturated rings. The normalized spacial score (nSPS) is 13.2. The van der Waals surface area contributed by atoms with Gasteiger partial charge in [0, 0.05) is 6.42 Å². The second-order valence-electron chi connectivity index (χ2n) is 4.36. The molecule has 0 spiro atoms. The van der Waals surface area contributed by atoms with Gasteiger partial charge in [0.25, 0.3) is 0 Å². The fourth-order valence-electron chi connectivity index (χ4n) is 1.32. The molecule has 0 bridgehead atoms. The van der Waals surface area contributed by atoms with Crippen molar-refractivity contribution in [3.8, 4) is 0 Å². The molecular formula is C12H23BrO. The molecule has 0 aromatic rings. The Morgan fingerprint density at radius 2 is 1.86 bits per heavy atom. The zero-order valence-corrected chi connectivity index (χ0v) is 11.3. The molecule has 0 aliphatic heterocycles. The number of Topliss-reactive ketones (excluding diaryl/α,β-unsaturated/α-hetero) is 1. The van der Waals surface area contributed by atoms with Crippen molar-refractivity contribution >= 4 is 21.7 Å². The molecule has 0 heterocycles. The Kier molecular flexibility index (Phi) is 8.55. The lowest BCUT2D eigenvalue weighted by molar-refractivity contribution is -0.118. The standard InChI is InChI=1S/C12H23BrO/c1-4-5-6-7-11(13)12(14)9-8-10(2)3/h10-11H,4-9H2,1-3H3. The van der Waals surface area contributed by atoms with Crippen LogP contribution in [0, 0.1) is 5.92 Å². The third-order valence-corrected chi connectivity index (χ3v) is 3.35. The highest BCUT2D eigenvalue weighted by molar-refractivity contribution is 9.10. The maximum absolute atomic E-state index is 11.6. The smallest absolute Gasteiger partial charge is 0.146 e. The minimum Gasteiger partial charge on any atom is -0.298 e. The zero-order valence-electron chi connectivity index (χ0n) is 9.68. The summed E-state index contributed by atoms with van der Waals surface area (Å²) >= 11 is 3.47. The van der Waals surface area contributed by atoms with E-state index in [4.69, 9.17) is 0 Å². The molecule has 0 rings (SSSR count). The van der Waals surface area contributed by atoms with E-state index >= 15 is 0 Å². The van der Waals surface area contributed by atoms with Gasteiger partial charge in [0.15, 0.2) is 0 Å². The summed E-state index contributed by atoms with van der Waals surface area (Å²) < 4.78 is 0. The third-order valence-electron chi connectivity index (χ3n) is 2.38. The molecular weight excluding hydrogens is 240 g/mol. The van der Waals surface area contributed by atoms with Crippen molar-refractivity contribution in [2.24, 2.45) is 5.92 Å². The maximum Gasteiger partial charge on any atom is 0.146 e. The summed E-state index contributed by atoms with van der Waals surface area (Å²) in [6.07, 6.45) is 6.39. The fourth-order valence-corrected chi connectivity index (χ4v) is 1.87. The Bertz CT molecular complexity index is 154. The number of hydrogen-bond donors (Lipinski definition) is 0. The molecule has 0 aromatic carbocycles. The molecule has 0 radical (unpaired) electrons. The lowest BCUT2D eigenvalue weighted by Gasteiger charge is -2.09. The molecule has 14 heavy (non-hydrogen) atoms. The van der Waals surface area contributed by atoms with Crippen LogP contribution < -0.4 is 0 Å². The molecule has 0 saturated carbocycles. The van der Waals surface area contributed by atoms with Gasteiger partial charge in [-0.2, -0.15) is 0 Å². The highest BCUT2D eigenvalue weighted by atomic mass is 79.9. The Hall–Kier alpha value is 0.150. The Morgan fingerprint density at radius 1 is 1.21 bits per heavy atom. The van der Waals surface area contributed by atoms with E-state index in [1.807, 2.05) is 0 Å². The molecule has 84 valence electrons. The number of rotatable bonds is 8. The molecule has 0 aliphatic carbocycles. The number of carbonyl (C=O) groups excluding carboxylic acids is 1. The van der Waals surface area contributed by atoms with Gasteiger partial charge in [-0.3, -0.25) is 4.79 Å². The van der Waals surface area contributed by atoms with Crippen LogP contribution in [0.3, 0.4) is 0 Å². The highest BCUT2D eigenvalue weighted by Gasteiger charge is 2.13. The number of halogens is 1. The summed E-state index contributed by atoms with van der Waals surface area (Å²) in [6, 6.07) is 0. The van der Waals surface area contributed by atoms with Gasteiger partial charge in [-0.1, -0.05) is 56.0 Å². The van der Waals surface area contributed by atoms with Crippen molar-refractivity contribution in [2.75, 3.05) is 0 Å². The molecule has 0 aliphatic rings. The van der Waals surface area contributed by atoms with Gasteiger partial charge in [-0.25, -0.2) is 0 Å². The predicted molar refractivity (Wildman–Crippen MR) is 65.9 cm³/mol. The van der Waals surface area contributed by atoms with Crippen LogP contribution in [-0.4, -0.2) is 10.6 Å². The van der Waals surface area contributed by atoms with Gasteiger partial charge >= 0.3 is 0 Å². The summed E-state index contributed by atoms with van der Waals surface area (Å²) in [5, 5.41) is 0. The number of ketones is 1. The van der Waals surface area contributed by atoms with Crippen molar-refractivity contribution in [3.63, 3.8) is 0 Å². The van der Waals surface area contributed by atoms with E-state index in [2.05, 4.69) is 36.7 Å². The van der Waals surface area contributed by atoms with Crippen molar-refractivity contribution in [1.82, 2.24) is 0 Å². The quantitative estimate of drug-likeness (QED) is 0.470. The van der Waals surface area contributed by atoms with E-state index in [-0.39, 0.29) is 4.83 Å². The summed E-state index contributed by atoms with van der Waals surface area (Å²) in [5.74, 6) is 1.02. The lowest BCUT2D eigenvalue weighted by atomic mass is 10.0. The molecule has 1 unspecified atom stereocenters. The van der Waals surface area contributed by atoms with Gasteiger partial charge in [-0.05, 0) is 18.8 Å². The fraction of sp³-hybridized carbons (Fsp3) is 0.917. The van der Waals surface area contributed by atoms with Crippen LogP contribution in [0.2, 0.25) is 0 Å². The van der Waals surface area contributed by atoms with Crippen LogP contribution in [0.25, 0.3) is 0 Å². The predicted octanol–water partition coefficient (Wildman–Crippen LogP) is 4.34. The van der Waals surface area contributed by atoms with Crippen LogP contribution >= 0.6 is 15.9 Å². The largest absolute Gasteiger partial charge is 0.298 e.